The number of morpholine rings is 1. The largest absolute Gasteiger partial charge is 0.379 e. The maximum Gasteiger partial charge on any atom is 0.254 e. The molecule has 0 atom stereocenters. The summed E-state index contributed by atoms with van der Waals surface area (Å²) in [6, 6.07) is 4.44. The van der Waals surface area contributed by atoms with Crippen molar-refractivity contribution < 1.29 is 13.9 Å². The second kappa shape index (κ2) is 7.71. The highest BCUT2D eigenvalue weighted by Crippen LogP contribution is 2.15. The molecule has 20 heavy (non-hydrogen) atoms. The van der Waals surface area contributed by atoms with Crippen LogP contribution in [0.4, 0.5) is 4.39 Å². The van der Waals surface area contributed by atoms with Crippen molar-refractivity contribution in [3.05, 3.63) is 34.1 Å². The van der Waals surface area contributed by atoms with Crippen molar-refractivity contribution >= 4 is 21.8 Å². The topological polar surface area (TPSA) is 41.6 Å². The van der Waals surface area contributed by atoms with Gasteiger partial charge in [-0.2, -0.15) is 0 Å². The fourth-order valence-corrected chi connectivity index (χ4v) is 2.43. The third-order valence-electron chi connectivity index (χ3n) is 3.22. The van der Waals surface area contributed by atoms with E-state index in [4.69, 9.17) is 4.74 Å². The normalized spacial score (nSPS) is 16.1. The Balaban J connectivity index is 1.72. The number of nitrogens with one attached hydrogen (secondary N) is 1. The van der Waals surface area contributed by atoms with E-state index in [2.05, 4.69) is 26.1 Å². The molecule has 0 aliphatic carbocycles. The zero-order valence-electron chi connectivity index (χ0n) is 11.2. The van der Waals surface area contributed by atoms with Crippen LogP contribution in [0.1, 0.15) is 16.8 Å². The lowest BCUT2D eigenvalue weighted by Crippen LogP contribution is -2.38. The van der Waals surface area contributed by atoms with Crippen molar-refractivity contribution in [3.63, 3.8) is 0 Å². The molecule has 1 heterocycles. The van der Waals surface area contributed by atoms with Gasteiger partial charge in [-0.3, -0.25) is 9.69 Å². The van der Waals surface area contributed by atoms with E-state index in [1.54, 1.807) is 6.07 Å². The van der Waals surface area contributed by atoms with Gasteiger partial charge in [0.05, 0.1) is 18.8 Å². The van der Waals surface area contributed by atoms with Gasteiger partial charge in [0, 0.05) is 24.1 Å². The lowest BCUT2D eigenvalue weighted by atomic mass is 10.2. The highest BCUT2D eigenvalue weighted by Gasteiger charge is 2.12. The second-order valence-corrected chi connectivity index (χ2v) is 5.60. The minimum absolute atomic E-state index is 0.0829. The van der Waals surface area contributed by atoms with Gasteiger partial charge in [0.15, 0.2) is 0 Å². The molecule has 0 spiro atoms. The highest BCUT2D eigenvalue weighted by atomic mass is 79.9. The third kappa shape index (κ3) is 4.54. The summed E-state index contributed by atoms with van der Waals surface area (Å²) in [5.41, 5.74) is 0.0829. The molecule has 1 aliphatic heterocycles. The minimum atomic E-state index is -0.509. The molecule has 1 aromatic carbocycles. The van der Waals surface area contributed by atoms with Crippen molar-refractivity contribution in [2.75, 3.05) is 39.4 Å². The van der Waals surface area contributed by atoms with Crippen molar-refractivity contribution in [2.24, 2.45) is 0 Å². The molecule has 1 saturated heterocycles. The summed E-state index contributed by atoms with van der Waals surface area (Å²) in [6.45, 7) is 4.90. The number of rotatable bonds is 5. The van der Waals surface area contributed by atoms with Crippen LogP contribution in [0.15, 0.2) is 22.7 Å². The van der Waals surface area contributed by atoms with E-state index >= 15 is 0 Å². The van der Waals surface area contributed by atoms with E-state index in [1.165, 1.54) is 12.1 Å². The first-order valence-corrected chi connectivity index (χ1v) is 7.49. The van der Waals surface area contributed by atoms with Gasteiger partial charge in [-0.15, -0.1) is 0 Å². The molecular formula is C14H18BrFN2O2. The average Bonchev–Trinajstić information content (AvgIpc) is 2.44. The van der Waals surface area contributed by atoms with Crippen LogP contribution >= 0.6 is 15.9 Å². The van der Waals surface area contributed by atoms with Gasteiger partial charge in [-0.1, -0.05) is 15.9 Å². The Labute approximate surface area is 126 Å². The third-order valence-corrected chi connectivity index (χ3v) is 3.71. The lowest BCUT2D eigenvalue weighted by molar-refractivity contribution is 0.0374. The van der Waals surface area contributed by atoms with Crippen LogP contribution in [-0.2, 0) is 4.74 Å². The van der Waals surface area contributed by atoms with Gasteiger partial charge in [0.2, 0.25) is 0 Å². The van der Waals surface area contributed by atoms with Gasteiger partial charge in [0.25, 0.3) is 5.91 Å². The van der Waals surface area contributed by atoms with Crippen LogP contribution in [0.5, 0.6) is 0 Å². The average molecular weight is 345 g/mol. The van der Waals surface area contributed by atoms with Crippen molar-refractivity contribution in [1.82, 2.24) is 10.2 Å². The number of amides is 1. The van der Waals surface area contributed by atoms with Gasteiger partial charge in [0.1, 0.15) is 5.82 Å². The fraction of sp³-hybridized carbons (Fsp3) is 0.500. The van der Waals surface area contributed by atoms with Gasteiger partial charge in [-0.25, -0.2) is 4.39 Å². The molecule has 1 fully saturated rings. The molecule has 0 saturated carbocycles. The SMILES string of the molecule is O=C(NCCCN1CCOCC1)c1ccc(Br)cc1F. The van der Waals surface area contributed by atoms with E-state index in [0.29, 0.717) is 11.0 Å². The molecule has 0 bridgehead atoms. The Morgan fingerprint density at radius 3 is 2.85 bits per heavy atom. The summed E-state index contributed by atoms with van der Waals surface area (Å²) >= 11 is 3.17. The van der Waals surface area contributed by atoms with Crippen LogP contribution < -0.4 is 5.32 Å². The molecule has 1 amide bonds. The van der Waals surface area contributed by atoms with E-state index in [1.807, 2.05) is 0 Å². The van der Waals surface area contributed by atoms with Crippen LogP contribution in [0, 0.1) is 5.82 Å². The Morgan fingerprint density at radius 2 is 2.15 bits per heavy atom. The number of benzene rings is 1. The smallest absolute Gasteiger partial charge is 0.254 e. The second-order valence-electron chi connectivity index (χ2n) is 4.69. The number of carbonyl (C=O) groups excluding carboxylic acids is 1. The molecule has 2 rings (SSSR count). The maximum atomic E-state index is 13.6. The summed E-state index contributed by atoms with van der Waals surface area (Å²) in [7, 11) is 0. The van der Waals surface area contributed by atoms with E-state index in [0.717, 1.165) is 39.3 Å². The highest BCUT2D eigenvalue weighted by molar-refractivity contribution is 9.10. The lowest BCUT2D eigenvalue weighted by Gasteiger charge is -2.26. The van der Waals surface area contributed by atoms with Gasteiger partial charge in [-0.05, 0) is 31.2 Å². The van der Waals surface area contributed by atoms with Crippen LogP contribution in [-0.4, -0.2) is 50.2 Å². The Morgan fingerprint density at radius 1 is 1.40 bits per heavy atom. The van der Waals surface area contributed by atoms with E-state index in [9.17, 15) is 9.18 Å². The monoisotopic (exact) mass is 344 g/mol. The number of hydrogen-bond donors (Lipinski definition) is 1. The minimum Gasteiger partial charge on any atom is -0.379 e. The summed E-state index contributed by atoms with van der Waals surface area (Å²) in [6.07, 6.45) is 0.851. The first-order valence-electron chi connectivity index (χ1n) is 6.70. The molecule has 6 heteroatoms. The molecule has 4 nitrogen and oxygen atoms in total. The quantitative estimate of drug-likeness (QED) is 0.831. The number of ether oxygens (including phenoxy) is 1. The summed E-state index contributed by atoms with van der Waals surface area (Å²) < 4.78 is 19.5. The maximum absolute atomic E-state index is 13.6. The number of carbonyl (C=O) groups is 1. The van der Waals surface area contributed by atoms with Crippen molar-refractivity contribution in [3.8, 4) is 0 Å². The number of halogens is 2. The zero-order valence-corrected chi connectivity index (χ0v) is 12.8. The Kier molecular flexibility index (Phi) is 5.94. The first-order chi connectivity index (χ1) is 9.66. The standard InChI is InChI=1S/C14H18BrFN2O2/c15-11-2-3-12(13(16)10-11)14(19)17-4-1-5-18-6-8-20-9-7-18/h2-3,10H,1,4-9H2,(H,17,19). The fourth-order valence-electron chi connectivity index (χ4n) is 2.10. The van der Waals surface area contributed by atoms with E-state index < -0.39 is 5.82 Å². The predicted molar refractivity (Wildman–Crippen MR) is 78.3 cm³/mol. The van der Waals surface area contributed by atoms with Crippen molar-refractivity contribution in [2.45, 2.75) is 6.42 Å². The molecule has 0 unspecified atom stereocenters. The molecular weight excluding hydrogens is 327 g/mol. The molecule has 1 aromatic rings. The number of hydrogen-bond acceptors (Lipinski definition) is 3. The van der Waals surface area contributed by atoms with Crippen LogP contribution in [0.3, 0.4) is 0 Å². The summed E-state index contributed by atoms with van der Waals surface area (Å²) in [5.74, 6) is -0.873. The van der Waals surface area contributed by atoms with Crippen molar-refractivity contribution in [1.29, 1.82) is 0 Å². The van der Waals surface area contributed by atoms with E-state index in [-0.39, 0.29) is 11.5 Å². The van der Waals surface area contributed by atoms with Gasteiger partial charge < -0.3 is 10.1 Å². The Bertz CT molecular complexity index is 464. The Hall–Kier alpha value is -0.980. The summed E-state index contributed by atoms with van der Waals surface area (Å²) in [5, 5.41) is 2.75. The van der Waals surface area contributed by atoms with Crippen LogP contribution in [0.2, 0.25) is 0 Å². The predicted octanol–water partition coefficient (Wildman–Crippen LogP) is 2.04. The molecule has 110 valence electrons. The molecule has 1 N–H and O–H groups in total. The molecule has 1 aliphatic rings. The first kappa shape index (κ1) is 15.4. The number of nitrogens with zero attached hydrogens (tertiary/aromatic N) is 1. The van der Waals surface area contributed by atoms with Gasteiger partial charge >= 0.3 is 0 Å². The summed E-state index contributed by atoms with van der Waals surface area (Å²) in [4.78, 5) is 14.1. The molecule has 0 aromatic heterocycles. The molecule has 0 radical (unpaired) electrons. The van der Waals surface area contributed by atoms with Crippen LogP contribution in [0.25, 0.3) is 0 Å². The zero-order chi connectivity index (χ0) is 14.4.